The lowest BCUT2D eigenvalue weighted by Crippen LogP contribution is -2.40. The summed E-state index contributed by atoms with van der Waals surface area (Å²) in [5.74, 6) is -0.443. The molecule has 24 heavy (non-hydrogen) atoms. The molecule has 1 aliphatic carbocycles. The van der Waals surface area contributed by atoms with Crippen LogP contribution in [-0.2, 0) is 13.1 Å². The van der Waals surface area contributed by atoms with Crippen molar-refractivity contribution in [1.82, 2.24) is 10.2 Å². The van der Waals surface area contributed by atoms with E-state index in [1.807, 2.05) is 47.4 Å². The number of amides is 3. The maximum absolute atomic E-state index is 12.5. The van der Waals surface area contributed by atoms with E-state index in [2.05, 4.69) is 5.32 Å². The van der Waals surface area contributed by atoms with E-state index < -0.39 is 5.91 Å². The number of rotatable bonds is 6. The molecule has 0 saturated heterocycles. The fourth-order valence-corrected chi connectivity index (χ4v) is 2.60. The summed E-state index contributed by atoms with van der Waals surface area (Å²) in [5.41, 5.74) is 7.79. The molecule has 124 valence electrons. The first kappa shape index (κ1) is 16.1. The average molecular weight is 323 g/mol. The predicted molar refractivity (Wildman–Crippen MR) is 92.2 cm³/mol. The smallest absolute Gasteiger partial charge is 0.318 e. The van der Waals surface area contributed by atoms with Crippen molar-refractivity contribution in [2.75, 3.05) is 0 Å². The molecule has 1 fully saturated rings. The highest BCUT2D eigenvalue weighted by Crippen LogP contribution is 2.28. The summed E-state index contributed by atoms with van der Waals surface area (Å²) < 4.78 is 0. The van der Waals surface area contributed by atoms with Crippen molar-refractivity contribution in [2.24, 2.45) is 5.73 Å². The van der Waals surface area contributed by atoms with Gasteiger partial charge < -0.3 is 16.0 Å². The van der Waals surface area contributed by atoms with Crippen molar-refractivity contribution in [3.8, 4) is 0 Å². The Labute approximate surface area is 141 Å². The molecule has 1 saturated carbocycles. The summed E-state index contributed by atoms with van der Waals surface area (Å²) in [5, 5.41) is 2.98. The number of hydrogen-bond donors (Lipinski definition) is 2. The molecule has 0 radical (unpaired) electrons. The maximum Gasteiger partial charge on any atom is 0.318 e. The van der Waals surface area contributed by atoms with Gasteiger partial charge in [-0.05, 0) is 36.1 Å². The minimum Gasteiger partial charge on any atom is -0.366 e. The van der Waals surface area contributed by atoms with Gasteiger partial charge in [0.25, 0.3) is 0 Å². The second kappa shape index (κ2) is 7.17. The van der Waals surface area contributed by atoms with Gasteiger partial charge in [0.05, 0.1) is 0 Å². The van der Waals surface area contributed by atoms with E-state index in [0.29, 0.717) is 24.7 Å². The number of carbonyl (C=O) groups excluding carboxylic acids is 2. The Hall–Kier alpha value is -2.82. The number of nitrogens with zero attached hydrogens (tertiary/aromatic N) is 1. The molecule has 0 aromatic heterocycles. The predicted octanol–water partition coefficient (Wildman–Crippen LogP) is 2.66. The normalized spacial score (nSPS) is 13.3. The lowest BCUT2D eigenvalue weighted by molar-refractivity contribution is 0.1000. The van der Waals surface area contributed by atoms with Crippen LogP contribution in [0.4, 0.5) is 4.79 Å². The van der Waals surface area contributed by atoms with Crippen LogP contribution in [0.25, 0.3) is 0 Å². The molecule has 0 spiro atoms. The average Bonchev–Trinajstić information content (AvgIpc) is 3.44. The summed E-state index contributed by atoms with van der Waals surface area (Å²) in [7, 11) is 0. The summed E-state index contributed by atoms with van der Waals surface area (Å²) >= 11 is 0. The first-order valence-corrected chi connectivity index (χ1v) is 8.10. The van der Waals surface area contributed by atoms with E-state index >= 15 is 0 Å². The van der Waals surface area contributed by atoms with Gasteiger partial charge in [-0.25, -0.2) is 4.79 Å². The van der Waals surface area contributed by atoms with Gasteiger partial charge in [-0.3, -0.25) is 4.79 Å². The molecule has 5 heteroatoms. The molecule has 2 aromatic carbocycles. The van der Waals surface area contributed by atoms with Gasteiger partial charge in [0.15, 0.2) is 0 Å². The number of benzene rings is 2. The van der Waals surface area contributed by atoms with Crippen LogP contribution < -0.4 is 11.1 Å². The van der Waals surface area contributed by atoms with Gasteiger partial charge in [0.2, 0.25) is 5.91 Å². The first-order chi connectivity index (χ1) is 11.6. The second-order valence-corrected chi connectivity index (χ2v) is 6.06. The zero-order valence-electron chi connectivity index (χ0n) is 13.4. The monoisotopic (exact) mass is 323 g/mol. The van der Waals surface area contributed by atoms with Crippen molar-refractivity contribution in [2.45, 2.75) is 32.0 Å². The zero-order chi connectivity index (χ0) is 16.9. The van der Waals surface area contributed by atoms with Crippen LogP contribution in [0, 0.1) is 0 Å². The topological polar surface area (TPSA) is 75.4 Å². The zero-order valence-corrected chi connectivity index (χ0v) is 13.4. The van der Waals surface area contributed by atoms with Gasteiger partial charge >= 0.3 is 6.03 Å². The van der Waals surface area contributed by atoms with Gasteiger partial charge in [0, 0.05) is 24.7 Å². The largest absolute Gasteiger partial charge is 0.366 e. The Balaban J connectivity index is 1.61. The van der Waals surface area contributed by atoms with Gasteiger partial charge in [-0.1, -0.05) is 42.5 Å². The van der Waals surface area contributed by atoms with Crippen LogP contribution in [0.2, 0.25) is 0 Å². The summed E-state index contributed by atoms with van der Waals surface area (Å²) in [4.78, 5) is 25.5. The van der Waals surface area contributed by atoms with Crippen LogP contribution in [0.15, 0.2) is 54.6 Å². The number of nitrogens with one attached hydrogen (secondary N) is 1. The first-order valence-electron chi connectivity index (χ1n) is 8.10. The molecule has 0 aliphatic heterocycles. The van der Waals surface area contributed by atoms with E-state index in [4.69, 9.17) is 5.73 Å². The van der Waals surface area contributed by atoms with E-state index in [9.17, 15) is 9.59 Å². The lowest BCUT2D eigenvalue weighted by atomic mass is 10.1. The number of carbonyl (C=O) groups is 2. The molecule has 3 N–H and O–H groups in total. The number of nitrogens with two attached hydrogens (primary N) is 1. The fourth-order valence-electron chi connectivity index (χ4n) is 2.60. The Morgan fingerprint density at radius 3 is 2.25 bits per heavy atom. The minimum absolute atomic E-state index is 0.0552. The van der Waals surface area contributed by atoms with Crippen molar-refractivity contribution in [3.05, 3.63) is 71.3 Å². The van der Waals surface area contributed by atoms with Gasteiger partial charge in [-0.2, -0.15) is 0 Å². The van der Waals surface area contributed by atoms with Crippen LogP contribution in [0.3, 0.4) is 0 Å². The Bertz CT molecular complexity index is 709. The quantitative estimate of drug-likeness (QED) is 0.857. The highest BCUT2D eigenvalue weighted by Gasteiger charge is 2.32. The lowest BCUT2D eigenvalue weighted by Gasteiger charge is -2.23. The van der Waals surface area contributed by atoms with Crippen LogP contribution in [0.5, 0.6) is 0 Å². The number of primary amides is 1. The van der Waals surface area contributed by atoms with Crippen molar-refractivity contribution in [1.29, 1.82) is 0 Å². The van der Waals surface area contributed by atoms with Crippen molar-refractivity contribution in [3.63, 3.8) is 0 Å². The summed E-state index contributed by atoms with van der Waals surface area (Å²) in [6, 6.07) is 17.2. The van der Waals surface area contributed by atoms with Crippen molar-refractivity contribution < 1.29 is 9.59 Å². The van der Waals surface area contributed by atoms with E-state index in [1.54, 1.807) is 12.1 Å². The molecule has 0 unspecified atom stereocenters. The molecule has 0 bridgehead atoms. The third-order valence-electron chi connectivity index (χ3n) is 4.13. The third kappa shape index (κ3) is 4.13. The van der Waals surface area contributed by atoms with Crippen LogP contribution in [0.1, 0.15) is 34.3 Å². The van der Waals surface area contributed by atoms with Gasteiger partial charge in [-0.15, -0.1) is 0 Å². The molecule has 2 aromatic rings. The molecule has 0 heterocycles. The molecule has 3 rings (SSSR count). The van der Waals surface area contributed by atoms with Crippen LogP contribution in [-0.4, -0.2) is 22.9 Å². The van der Waals surface area contributed by atoms with Crippen molar-refractivity contribution >= 4 is 11.9 Å². The minimum atomic E-state index is -0.443. The third-order valence-corrected chi connectivity index (χ3v) is 4.13. The standard InChI is InChI=1S/C19H21N3O2/c20-18(23)16-8-6-15(7-9-16)13-22(17-10-11-17)19(24)21-12-14-4-2-1-3-5-14/h1-9,17H,10-13H2,(H2,20,23)(H,21,24). The summed E-state index contributed by atoms with van der Waals surface area (Å²) in [6.07, 6.45) is 2.08. The number of hydrogen-bond acceptors (Lipinski definition) is 2. The van der Waals surface area contributed by atoms with Gasteiger partial charge in [0.1, 0.15) is 0 Å². The van der Waals surface area contributed by atoms with E-state index in [1.165, 1.54) is 0 Å². The Kier molecular flexibility index (Phi) is 4.79. The number of urea groups is 1. The molecular formula is C19H21N3O2. The molecular weight excluding hydrogens is 302 g/mol. The SMILES string of the molecule is NC(=O)c1ccc(CN(C(=O)NCc2ccccc2)C2CC2)cc1. The highest BCUT2D eigenvalue weighted by atomic mass is 16.2. The Morgan fingerprint density at radius 2 is 1.67 bits per heavy atom. The maximum atomic E-state index is 12.5. The Morgan fingerprint density at radius 1 is 1.00 bits per heavy atom. The fraction of sp³-hybridized carbons (Fsp3) is 0.263. The highest BCUT2D eigenvalue weighted by molar-refractivity contribution is 5.92. The molecule has 1 aliphatic rings. The molecule has 3 amide bonds. The molecule has 0 atom stereocenters. The second-order valence-electron chi connectivity index (χ2n) is 6.06. The molecule has 5 nitrogen and oxygen atoms in total. The van der Waals surface area contributed by atoms with E-state index in [0.717, 1.165) is 24.0 Å². The van der Waals surface area contributed by atoms with Crippen LogP contribution >= 0.6 is 0 Å². The van der Waals surface area contributed by atoms with E-state index in [-0.39, 0.29) is 6.03 Å². The summed E-state index contributed by atoms with van der Waals surface area (Å²) in [6.45, 7) is 1.05.